The van der Waals surface area contributed by atoms with Gasteiger partial charge in [0.1, 0.15) is 0 Å². The zero-order valence-electron chi connectivity index (χ0n) is 11.3. The molecule has 0 radical (unpaired) electrons. The topological polar surface area (TPSA) is 17.1 Å². The Kier molecular flexibility index (Phi) is 3.96. The maximum absolute atomic E-state index is 12.5. The number of benzene rings is 1. The molecule has 1 aliphatic rings. The lowest BCUT2D eigenvalue weighted by molar-refractivity contribution is -0.116. The van der Waals surface area contributed by atoms with Crippen molar-refractivity contribution in [3.63, 3.8) is 0 Å². The Labute approximate surface area is 114 Å². The summed E-state index contributed by atoms with van der Waals surface area (Å²) >= 11 is 1.38. The molecule has 1 aromatic carbocycles. The summed E-state index contributed by atoms with van der Waals surface area (Å²) in [4.78, 5) is 13.6. The van der Waals surface area contributed by atoms with Crippen LogP contribution in [0.25, 0.3) is 0 Å². The molecule has 1 atom stereocenters. The number of hydrogen-bond acceptors (Lipinski definition) is 2. The van der Waals surface area contributed by atoms with E-state index in [4.69, 9.17) is 0 Å². The molecule has 1 unspecified atom stereocenters. The number of thioether (sulfide) groups is 1. The van der Waals surface area contributed by atoms with Crippen molar-refractivity contribution in [1.82, 2.24) is 0 Å². The zero-order valence-corrected chi connectivity index (χ0v) is 12.1. The molecule has 0 bridgehead atoms. The van der Waals surface area contributed by atoms with Gasteiger partial charge in [0.2, 0.25) is 5.12 Å². The van der Waals surface area contributed by atoms with Crippen molar-refractivity contribution in [2.45, 2.75) is 38.5 Å². The summed E-state index contributed by atoms with van der Waals surface area (Å²) in [5.74, 6) is 0.0523. The van der Waals surface area contributed by atoms with Gasteiger partial charge < -0.3 is 0 Å². The second-order valence-electron chi connectivity index (χ2n) is 5.64. The average Bonchev–Trinajstić information content (AvgIpc) is 2.28. The van der Waals surface area contributed by atoms with Crippen LogP contribution in [0.5, 0.6) is 0 Å². The molecule has 1 nitrogen and oxygen atoms in total. The maximum atomic E-state index is 12.5. The van der Waals surface area contributed by atoms with Gasteiger partial charge in [0.15, 0.2) is 0 Å². The summed E-state index contributed by atoms with van der Waals surface area (Å²) in [6, 6.07) is 9.92. The Balaban J connectivity index is 2.17. The molecule has 96 valence electrons. The van der Waals surface area contributed by atoms with Crippen LogP contribution in [0, 0.1) is 11.3 Å². The molecular formula is C16H20OS. The molecule has 0 fully saturated rings. The summed E-state index contributed by atoms with van der Waals surface area (Å²) in [5.41, 5.74) is 1.32. The molecule has 0 saturated heterocycles. The zero-order chi connectivity index (χ0) is 13.2. The molecule has 18 heavy (non-hydrogen) atoms. The van der Waals surface area contributed by atoms with E-state index >= 15 is 0 Å². The van der Waals surface area contributed by atoms with Crippen molar-refractivity contribution in [3.8, 4) is 0 Å². The van der Waals surface area contributed by atoms with Crippen LogP contribution in [0.15, 0.2) is 46.9 Å². The fourth-order valence-electron chi connectivity index (χ4n) is 2.72. The van der Waals surface area contributed by atoms with Gasteiger partial charge in [-0.15, -0.1) is 0 Å². The Morgan fingerprint density at radius 1 is 1.28 bits per heavy atom. The highest BCUT2D eigenvalue weighted by atomic mass is 32.2. The monoisotopic (exact) mass is 260 g/mol. The summed E-state index contributed by atoms with van der Waals surface area (Å²) in [6.45, 7) is 6.50. The second-order valence-corrected chi connectivity index (χ2v) is 6.72. The lowest BCUT2D eigenvalue weighted by Crippen LogP contribution is -2.32. The minimum Gasteiger partial charge on any atom is -0.286 e. The fourth-order valence-corrected chi connectivity index (χ4v) is 3.87. The lowest BCUT2D eigenvalue weighted by atomic mass is 9.69. The normalized spacial score (nSPS) is 22.4. The number of hydrogen-bond donors (Lipinski definition) is 0. The van der Waals surface area contributed by atoms with Crippen LogP contribution < -0.4 is 0 Å². The minimum absolute atomic E-state index is 0.0523. The number of carbonyl (C=O) groups excluding carboxylic acids is 1. The van der Waals surface area contributed by atoms with E-state index in [-0.39, 0.29) is 16.4 Å². The largest absolute Gasteiger partial charge is 0.286 e. The first-order valence-corrected chi connectivity index (χ1v) is 7.26. The molecule has 1 aromatic rings. The smallest absolute Gasteiger partial charge is 0.201 e. The highest BCUT2D eigenvalue weighted by Gasteiger charge is 2.38. The van der Waals surface area contributed by atoms with Crippen LogP contribution >= 0.6 is 11.8 Å². The van der Waals surface area contributed by atoms with Crippen molar-refractivity contribution >= 4 is 16.9 Å². The Bertz CT molecular complexity index is 459. The maximum Gasteiger partial charge on any atom is 0.201 e. The van der Waals surface area contributed by atoms with Crippen LogP contribution in [0.4, 0.5) is 0 Å². The van der Waals surface area contributed by atoms with Crippen molar-refractivity contribution in [2.75, 3.05) is 0 Å². The standard InChI is InChI=1S/C16H20OS/c1-12-8-7-11-16(2,3)14(12)15(17)18-13-9-5-4-6-10-13/h4-6,8-10,14H,7,11H2,1-3H3. The highest BCUT2D eigenvalue weighted by Crippen LogP contribution is 2.44. The third kappa shape index (κ3) is 2.86. The molecular weight excluding hydrogens is 240 g/mol. The molecule has 2 heteroatoms. The molecule has 0 aliphatic heterocycles. The van der Waals surface area contributed by atoms with E-state index in [1.807, 2.05) is 30.3 Å². The molecule has 0 spiro atoms. The van der Waals surface area contributed by atoms with E-state index in [0.29, 0.717) is 0 Å². The van der Waals surface area contributed by atoms with E-state index in [9.17, 15) is 4.79 Å². The van der Waals surface area contributed by atoms with Crippen molar-refractivity contribution in [2.24, 2.45) is 11.3 Å². The first-order valence-electron chi connectivity index (χ1n) is 6.44. The number of rotatable bonds is 2. The van der Waals surface area contributed by atoms with Crippen molar-refractivity contribution in [3.05, 3.63) is 42.0 Å². The van der Waals surface area contributed by atoms with Crippen LogP contribution in [0.2, 0.25) is 0 Å². The number of carbonyl (C=O) groups is 1. The van der Waals surface area contributed by atoms with Gasteiger partial charge in [-0.25, -0.2) is 0 Å². The summed E-state index contributed by atoms with van der Waals surface area (Å²) in [6.07, 6.45) is 4.41. The molecule has 0 heterocycles. The van der Waals surface area contributed by atoms with Gasteiger partial charge in [-0.1, -0.05) is 55.5 Å². The first-order chi connectivity index (χ1) is 8.50. The Morgan fingerprint density at radius 3 is 2.56 bits per heavy atom. The van der Waals surface area contributed by atoms with Crippen molar-refractivity contribution in [1.29, 1.82) is 0 Å². The Morgan fingerprint density at radius 2 is 1.94 bits per heavy atom. The second kappa shape index (κ2) is 5.31. The molecule has 1 aliphatic carbocycles. The van der Waals surface area contributed by atoms with Crippen LogP contribution in [-0.2, 0) is 4.79 Å². The van der Waals surface area contributed by atoms with E-state index < -0.39 is 0 Å². The third-order valence-corrected chi connectivity index (χ3v) is 4.63. The van der Waals surface area contributed by atoms with Gasteiger partial charge in [-0.05, 0) is 37.3 Å². The van der Waals surface area contributed by atoms with E-state index in [2.05, 4.69) is 26.8 Å². The van der Waals surface area contributed by atoms with Gasteiger partial charge in [0, 0.05) is 4.90 Å². The molecule has 0 aromatic heterocycles. The summed E-state index contributed by atoms with van der Waals surface area (Å²) < 4.78 is 0. The van der Waals surface area contributed by atoms with Gasteiger partial charge in [0.25, 0.3) is 0 Å². The SMILES string of the molecule is CC1=CCCC(C)(C)C1C(=O)Sc1ccccc1. The van der Waals surface area contributed by atoms with Gasteiger partial charge in [-0.3, -0.25) is 4.79 Å². The molecule has 0 saturated carbocycles. The van der Waals surface area contributed by atoms with Gasteiger partial charge in [-0.2, -0.15) is 0 Å². The van der Waals surface area contributed by atoms with E-state index in [1.54, 1.807) is 0 Å². The average molecular weight is 260 g/mol. The van der Waals surface area contributed by atoms with Crippen LogP contribution in [-0.4, -0.2) is 5.12 Å². The fraction of sp³-hybridized carbons (Fsp3) is 0.438. The van der Waals surface area contributed by atoms with Gasteiger partial charge >= 0.3 is 0 Å². The predicted octanol–water partition coefficient (Wildman–Crippen LogP) is 4.69. The first kappa shape index (κ1) is 13.4. The van der Waals surface area contributed by atoms with Crippen molar-refractivity contribution < 1.29 is 4.79 Å². The molecule has 2 rings (SSSR count). The van der Waals surface area contributed by atoms with Crippen LogP contribution in [0.1, 0.15) is 33.6 Å². The lowest BCUT2D eigenvalue weighted by Gasteiger charge is -2.37. The minimum atomic E-state index is 0.0523. The third-order valence-electron chi connectivity index (χ3n) is 3.69. The van der Waals surface area contributed by atoms with Crippen LogP contribution in [0.3, 0.4) is 0 Å². The molecule has 0 amide bonds. The number of allylic oxidation sites excluding steroid dienone is 2. The Hall–Kier alpha value is -1.02. The molecule has 0 N–H and O–H groups in total. The predicted molar refractivity (Wildman–Crippen MR) is 77.6 cm³/mol. The van der Waals surface area contributed by atoms with E-state index in [1.165, 1.54) is 17.3 Å². The summed E-state index contributed by atoms with van der Waals surface area (Å²) in [5, 5.41) is 0.277. The quantitative estimate of drug-likeness (QED) is 0.567. The van der Waals surface area contributed by atoms with Gasteiger partial charge in [0.05, 0.1) is 5.92 Å². The van der Waals surface area contributed by atoms with E-state index in [0.717, 1.165) is 17.7 Å². The highest BCUT2D eigenvalue weighted by molar-refractivity contribution is 8.13. The summed E-state index contributed by atoms with van der Waals surface area (Å²) in [7, 11) is 0.